The molecule has 0 spiro atoms. The van der Waals surface area contributed by atoms with E-state index < -0.39 is 0 Å². The molecule has 0 aliphatic carbocycles. The van der Waals surface area contributed by atoms with Gasteiger partial charge in [-0.2, -0.15) is 0 Å². The molecule has 1 fully saturated rings. The lowest BCUT2D eigenvalue weighted by Gasteiger charge is -2.38. The molecule has 0 aromatic heterocycles. The highest BCUT2D eigenvalue weighted by Crippen LogP contribution is 2.26. The molecule has 4 heteroatoms. The molecule has 1 aromatic rings. The zero-order chi connectivity index (χ0) is 13.3. The Morgan fingerprint density at radius 2 is 2.17 bits per heavy atom. The first-order valence-electron chi connectivity index (χ1n) is 6.40. The second-order valence-electron chi connectivity index (χ2n) is 5.13. The molecule has 1 aliphatic rings. The quantitative estimate of drug-likeness (QED) is 0.591. The molecule has 2 atom stereocenters. The molecule has 0 saturated carbocycles. The van der Waals surface area contributed by atoms with Gasteiger partial charge in [0.25, 0.3) is 5.91 Å². The third-order valence-electron chi connectivity index (χ3n) is 3.91. The van der Waals surface area contributed by atoms with Crippen LogP contribution in [0, 0.1) is 5.92 Å². The molecule has 1 amide bonds. The molecule has 4 nitrogen and oxygen atoms in total. The highest BCUT2D eigenvalue weighted by molar-refractivity contribution is 5.95. The number of rotatable bonds is 1. The maximum atomic E-state index is 12.4. The lowest BCUT2D eigenvalue weighted by Crippen LogP contribution is -2.46. The number of nitrogens with zero attached hydrogens (tertiary/aromatic N) is 1. The highest BCUT2D eigenvalue weighted by Gasteiger charge is 2.29. The van der Waals surface area contributed by atoms with Gasteiger partial charge in [0, 0.05) is 18.2 Å². The number of benzene rings is 1. The van der Waals surface area contributed by atoms with E-state index in [1.165, 1.54) is 6.07 Å². The van der Waals surface area contributed by atoms with Crippen LogP contribution in [0.2, 0.25) is 0 Å². The monoisotopic (exact) mass is 248 g/mol. The van der Waals surface area contributed by atoms with E-state index in [0.29, 0.717) is 17.2 Å². The molecule has 98 valence electrons. The zero-order valence-corrected chi connectivity index (χ0v) is 10.9. The summed E-state index contributed by atoms with van der Waals surface area (Å²) in [6.45, 7) is 5.04. The standard InChI is InChI=1S/C14H20N2O2/c1-9-4-3-7-16(10(9)2)14(18)11-5-6-12(15)13(17)8-11/h5-6,8-10,17H,3-4,7,15H2,1-2H3. The third kappa shape index (κ3) is 2.28. The summed E-state index contributed by atoms with van der Waals surface area (Å²) in [5, 5.41) is 9.57. The van der Waals surface area contributed by atoms with Gasteiger partial charge in [0.1, 0.15) is 5.75 Å². The average molecular weight is 248 g/mol. The number of hydrogen-bond donors (Lipinski definition) is 2. The SMILES string of the molecule is CC1CCCN(C(=O)c2ccc(N)c(O)c2)C1C. The molecule has 1 heterocycles. The van der Waals surface area contributed by atoms with E-state index in [4.69, 9.17) is 5.73 Å². The van der Waals surface area contributed by atoms with Crippen LogP contribution in [0.3, 0.4) is 0 Å². The van der Waals surface area contributed by atoms with Crippen LogP contribution in [0.15, 0.2) is 18.2 Å². The summed E-state index contributed by atoms with van der Waals surface area (Å²) in [7, 11) is 0. The maximum Gasteiger partial charge on any atom is 0.254 e. The average Bonchev–Trinajstić information content (AvgIpc) is 2.35. The van der Waals surface area contributed by atoms with Crippen LogP contribution >= 0.6 is 0 Å². The lowest BCUT2D eigenvalue weighted by atomic mass is 9.91. The van der Waals surface area contributed by atoms with Gasteiger partial charge in [-0.15, -0.1) is 0 Å². The Kier molecular flexibility index (Phi) is 3.45. The first kappa shape index (κ1) is 12.7. The molecule has 0 radical (unpaired) electrons. The second kappa shape index (κ2) is 4.88. The number of nitrogens with two attached hydrogens (primary N) is 1. The molecule has 1 aromatic carbocycles. The van der Waals surface area contributed by atoms with E-state index in [0.717, 1.165) is 19.4 Å². The molecule has 3 N–H and O–H groups in total. The molecule has 18 heavy (non-hydrogen) atoms. The van der Waals surface area contributed by atoms with E-state index in [9.17, 15) is 9.90 Å². The summed E-state index contributed by atoms with van der Waals surface area (Å²) in [6, 6.07) is 4.93. The van der Waals surface area contributed by atoms with Crippen molar-refractivity contribution in [3.05, 3.63) is 23.8 Å². The van der Waals surface area contributed by atoms with Crippen molar-refractivity contribution in [2.75, 3.05) is 12.3 Å². The van der Waals surface area contributed by atoms with Crippen molar-refractivity contribution in [2.45, 2.75) is 32.7 Å². The van der Waals surface area contributed by atoms with Crippen LogP contribution in [-0.2, 0) is 0 Å². The van der Waals surface area contributed by atoms with Crippen LogP contribution in [-0.4, -0.2) is 28.5 Å². The van der Waals surface area contributed by atoms with Gasteiger partial charge >= 0.3 is 0 Å². The normalized spacial score (nSPS) is 24.0. The fraction of sp³-hybridized carbons (Fsp3) is 0.500. The Morgan fingerprint density at radius 3 is 2.83 bits per heavy atom. The van der Waals surface area contributed by atoms with E-state index in [-0.39, 0.29) is 17.7 Å². The van der Waals surface area contributed by atoms with Crippen molar-refractivity contribution in [1.29, 1.82) is 0 Å². The molecule has 2 rings (SSSR count). The minimum absolute atomic E-state index is 0.0237. The number of aromatic hydroxyl groups is 1. The second-order valence-corrected chi connectivity index (χ2v) is 5.13. The van der Waals surface area contributed by atoms with Crippen LogP contribution in [0.5, 0.6) is 5.75 Å². The Labute approximate surface area is 107 Å². The summed E-state index contributed by atoms with van der Waals surface area (Å²) in [4.78, 5) is 14.3. The van der Waals surface area contributed by atoms with Gasteiger partial charge < -0.3 is 15.7 Å². The summed E-state index contributed by atoms with van der Waals surface area (Å²) in [5.41, 5.74) is 6.34. The molecular formula is C14H20N2O2. The fourth-order valence-corrected chi connectivity index (χ4v) is 2.46. The van der Waals surface area contributed by atoms with Crippen LogP contribution in [0.4, 0.5) is 5.69 Å². The van der Waals surface area contributed by atoms with Gasteiger partial charge in [0.05, 0.1) is 5.69 Å². The molecule has 1 aliphatic heterocycles. The minimum atomic E-state index is -0.0291. The predicted molar refractivity (Wildman–Crippen MR) is 71.4 cm³/mol. The number of hydrogen-bond acceptors (Lipinski definition) is 3. The van der Waals surface area contributed by atoms with Gasteiger partial charge in [-0.25, -0.2) is 0 Å². The summed E-state index contributed by atoms with van der Waals surface area (Å²) in [5.74, 6) is 0.466. The first-order valence-corrected chi connectivity index (χ1v) is 6.40. The number of phenolic OH excluding ortho intramolecular Hbond substituents is 1. The van der Waals surface area contributed by atoms with Crippen LogP contribution < -0.4 is 5.73 Å². The van der Waals surface area contributed by atoms with E-state index in [2.05, 4.69) is 13.8 Å². The minimum Gasteiger partial charge on any atom is -0.506 e. The van der Waals surface area contributed by atoms with Crippen LogP contribution in [0.1, 0.15) is 37.0 Å². The Hall–Kier alpha value is -1.71. The fourth-order valence-electron chi connectivity index (χ4n) is 2.46. The number of carbonyl (C=O) groups is 1. The Bertz CT molecular complexity index is 459. The first-order chi connectivity index (χ1) is 8.50. The van der Waals surface area contributed by atoms with Crippen molar-refractivity contribution in [3.8, 4) is 5.75 Å². The number of amides is 1. The van der Waals surface area contributed by atoms with Gasteiger partial charge in [0.15, 0.2) is 0 Å². The number of anilines is 1. The Balaban J connectivity index is 2.22. The molecule has 2 unspecified atom stereocenters. The summed E-state index contributed by atoms with van der Waals surface area (Å²) >= 11 is 0. The summed E-state index contributed by atoms with van der Waals surface area (Å²) < 4.78 is 0. The topological polar surface area (TPSA) is 66.6 Å². The van der Waals surface area contributed by atoms with E-state index >= 15 is 0 Å². The Morgan fingerprint density at radius 1 is 1.44 bits per heavy atom. The number of phenols is 1. The number of carbonyl (C=O) groups excluding carboxylic acids is 1. The molecule has 0 bridgehead atoms. The van der Waals surface area contributed by atoms with Crippen molar-refractivity contribution in [2.24, 2.45) is 5.92 Å². The van der Waals surface area contributed by atoms with Crippen molar-refractivity contribution in [3.63, 3.8) is 0 Å². The zero-order valence-electron chi connectivity index (χ0n) is 10.9. The van der Waals surface area contributed by atoms with Crippen molar-refractivity contribution >= 4 is 11.6 Å². The predicted octanol–water partition coefficient (Wildman–Crippen LogP) is 2.24. The van der Waals surface area contributed by atoms with Gasteiger partial charge in [-0.3, -0.25) is 4.79 Å². The summed E-state index contributed by atoms with van der Waals surface area (Å²) in [6.07, 6.45) is 2.20. The van der Waals surface area contributed by atoms with Gasteiger partial charge in [-0.05, 0) is 43.9 Å². The van der Waals surface area contributed by atoms with Crippen LogP contribution in [0.25, 0.3) is 0 Å². The van der Waals surface area contributed by atoms with Crippen molar-refractivity contribution in [1.82, 2.24) is 4.90 Å². The molecule has 1 saturated heterocycles. The van der Waals surface area contributed by atoms with E-state index in [1.807, 2.05) is 4.90 Å². The van der Waals surface area contributed by atoms with Crippen molar-refractivity contribution < 1.29 is 9.90 Å². The lowest BCUT2D eigenvalue weighted by molar-refractivity contribution is 0.0550. The smallest absolute Gasteiger partial charge is 0.254 e. The number of likely N-dealkylation sites (tertiary alicyclic amines) is 1. The molecular weight excluding hydrogens is 228 g/mol. The largest absolute Gasteiger partial charge is 0.506 e. The third-order valence-corrected chi connectivity index (χ3v) is 3.91. The number of nitrogen functional groups attached to an aromatic ring is 1. The number of piperidine rings is 1. The van der Waals surface area contributed by atoms with Gasteiger partial charge in [-0.1, -0.05) is 6.92 Å². The maximum absolute atomic E-state index is 12.4. The van der Waals surface area contributed by atoms with E-state index in [1.54, 1.807) is 12.1 Å². The van der Waals surface area contributed by atoms with Gasteiger partial charge in [0.2, 0.25) is 0 Å². The highest BCUT2D eigenvalue weighted by atomic mass is 16.3.